The Bertz CT molecular complexity index is 2720. The predicted octanol–water partition coefficient (Wildman–Crippen LogP) is 5.81. The molecule has 0 radical (unpaired) electrons. The minimum absolute atomic E-state index is 0.0403. The Balaban J connectivity index is 0.759. The second-order valence-electron chi connectivity index (χ2n) is 15.9. The zero-order valence-electron chi connectivity index (χ0n) is 35.1. The summed E-state index contributed by atoms with van der Waals surface area (Å²) in [6.07, 6.45) is 4.92. The van der Waals surface area contributed by atoms with Gasteiger partial charge in [-0.1, -0.05) is 36.8 Å². The normalized spacial score (nSPS) is 15.5. The molecular weight excluding hydrogens is 854 g/mol. The number of piperidine rings is 1. The van der Waals surface area contributed by atoms with Crippen LogP contribution in [0.15, 0.2) is 96.0 Å². The molecule has 4 aromatic carbocycles. The summed E-state index contributed by atoms with van der Waals surface area (Å²) in [7, 11) is 0. The molecule has 0 spiro atoms. The lowest BCUT2D eigenvalue weighted by molar-refractivity contribution is -0.137. The van der Waals surface area contributed by atoms with Gasteiger partial charge in [-0.2, -0.15) is 4.47 Å². The molecule has 5 aromatic rings. The first-order valence-electron chi connectivity index (χ1n) is 21.2. The Morgan fingerprint density at radius 3 is 2.54 bits per heavy atom. The van der Waals surface area contributed by atoms with E-state index in [0.717, 1.165) is 40.4 Å². The summed E-state index contributed by atoms with van der Waals surface area (Å²) in [5, 5.41) is 24.8. The SMILES string of the molecule is Nc1ncc(-c2ccc(SN(O)c3cccc(NC(=O)CNCCCCCC(=O)Nc4cccc5c4CN(C4CCC(=O)NC4=O)C5=O)c3)cc2F)cc1-c1ccc2c(c1)CCNC2=O. The number of aromatic nitrogens is 1. The third-order valence-corrected chi connectivity index (χ3v) is 12.3. The van der Waals surface area contributed by atoms with Crippen molar-refractivity contribution in [3.05, 3.63) is 119 Å². The van der Waals surface area contributed by atoms with Gasteiger partial charge >= 0.3 is 0 Å². The molecule has 1 unspecified atom stereocenters. The van der Waals surface area contributed by atoms with E-state index in [2.05, 4.69) is 31.6 Å². The van der Waals surface area contributed by atoms with Crippen LogP contribution in [0.25, 0.3) is 22.3 Å². The van der Waals surface area contributed by atoms with Crippen LogP contribution < -0.4 is 36.8 Å². The third kappa shape index (κ3) is 10.3. The number of imide groups is 1. The number of nitrogen functional groups attached to an aromatic ring is 1. The van der Waals surface area contributed by atoms with E-state index < -0.39 is 17.8 Å². The fourth-order valence-corrected chi connectivity index (χ4v) is 8.83. The van der Waals surface area contributed by atoms with Crippen molar-refractivity contribution in [2.45, 2.75) is 62.4 Å². The first kappa shape index (κ1) is 44.5. The number of halogens is 1. The number of anilines is 4. The van der Waals surface area contributed by atoms with Crippen molar-refractivity contribution in [3.63, 3.8) is 0 Å². The lowest BCUT2D eigenvalue weighted by Crippen LogP contribution is -2.52. The number of hydrogen-bond donors (Lipinski definition) is 7. The molecule has 0 bridgehead atoms. The smallest absolute Gasteiger partial charge is 0.255 e. The monoisotopic (exact) mass is 899 g/mol. The number of nitrogens with zero attached hydrogens (tertiary/aromatic N) is 3. The van der Waals surface area contributed by atoms with Crippen molar-refractivity contribution in [1.82, 2.24) is 25.8 Å². The Labute approximate surface area is 377 Å². The summed E-state index contributed by atoms with van der Waals surface area (Å²) in [4.78, 5) is 81.0. The number of nitrogens with two attached hydrogens (primary N) is 1. The van der Waals surface area contributed by atoms with Crippen molar-refractivity contribution in [2.75, 3.05) is 40.5 Å². The number of rotatable bonds is 16. The highest BCUT2D eigenvalue weighted by atomic mass is 32.2. The molecule has 6 amide bonds. The number of benzene rings is 4. The van der Waals surface area contributed by atoms with Crippen LogP contribution in [0.2, 0.25) is 0 Å². The topological polar surface area (TPSA) is 228 Å². The van der Waals surface area contributed by atoms with E-state index >= 15 is 4.39 Å². The zero-order valence-corrected chi connectivity index (χ0v) is 35.9. The number of carbonyl (C=O) groups is 6. The second-order valence-corrected chi connectivity index (χ2v) is 16.9. The van der Waals surface area contributed by atoms with Gasteiger partial charge < -0.3 is 31.9 Å². The number of fused-ring (bicyclic) bond motifs is 2. The van der Waals surface area contributed by atoms with Crippen LogP contribution in [0.5, 0.6) is 0 Å². The highest BCUT2D eigenvalue weighted by Gasteiger charge is 2.40. The molecule has 8 rings (SSSR count). The molecule has 1 aromatic heterocycles. The maximum absolute atomic E-state index is 15.6. The number of pyridine rings is 1. The number of carbonyl (C=O) groups excluding carboxylic acids is 6. The van der Waals surface area contributed by atoms with Crippen LogP contribution in [-0.4, -0.2) is 76.2 Å². The summed E-state index contributed by atoms with van der Waals surface area (Å²) in [6.45, 7) is 1.29. The maximum Gasteiger partial charge on any atom is 0.255 e. The third-order valence-electron chi connectivity index (χ3n) is 11.5. The van der Waals surface area contributed by atoms with Crippen LogP contribution in [0.4, 0.5) is 27.3 Å². The van der Waals surface area contributed by atoms with E-state index in [1.807, 2.05) is 6.07 Å². The van der Waals surface area contributed by atoms with Gasteiger partial charge in [0, 0.05) is 93.7 Å². The van der Waals surface area contributed by atoms with Crippen molar-refractivity contribution in [3.8, 4) is 22.3 Å². The molecule has 0 saturated carbocycles. The fraction of sp³-hybridized carbons (Fsp3) is 0.255. The Morgan fingerprint density at radius 2 is 1.71 bits per heavy atom. The van der Waals surface area contributed by atoms with Crippen molar-refractivity contribution >= 4 is 70.3 Å². The van der Waals surface area contributed by atoms with E-state index in [9.17, 15) is 34.0 Å². The summed E-state index contributed by atoms with van der Waals surface area (Å²) in [5.74, 6) is -2.03. The molecule has 1 saturated heterocycles. The molecule has 3 aliphatic rings. The average Bonchev–Trinajstić information content (AvgIpc) is 3.62. The molecule has 1 fully saturated rings. The zero-order chi connectivity index (χ0) is 45.6. The van der Waals surface area contributed by atoms with Gasteiger partial charge in [0.05, 0.1) is 12.2 Å². The molecule has 65 heavy (non-hydrogen) atoms. The molecule has 18 heteroatoms. The first-order valence-corrected chi connectivity index (χ1v) is 22.0. The lowest BCUT2D eigenvalue weighted by atomic mass is 9.94. The summed E-state index contributed by atoms with van der Waals surface area (Å²) >= 11 is 0.889. The maximum atomic E-state index is 15.6. The largest absolute Gasteiger partial charge is 0.383 e. The second kappa shape index (κ2) is 19.7. The van der Waals surface area contributed by atoms with Crippen LogP contribution >= 0.6 is 11.9 Å². The van der Waals surface area contributed by atoms with Crippen molar-refractivity contribution in [1.29, 1.82) is 0 Å². The Morgan fingerprint density at radius 1 is 0.877 bits per heavy atom. The van der Waals surface area contributed by atoms with Crippen molar-refractivity contribution in [2.24, 2.45) is 0 Å². The standard InChI is InChI=1S/C47H46FN9O7S/c48-38-23-32(12-14-33(38)29-21-36(44(49)52-24-29)27-11-13-34-28(20-27)17-19-51-45(34)61)65-57(64)31-7-4-6-30(22-31)53-43(60)25-50-18-3-1-2-10-41(58)54-39-9-5-8-35-37(39)26-56(47(35)63)40-15-16-42(59)55-46(40)62/h4-9,11-14,20-24,40,50,64H,1-3,10,15-19,25-26H2,(H2,49,52)(H,51,61)(H,53,60)(H,54,58)(H,55,59,62). The molecule has 8 N–H and O–H groups in total. The number of amides is 6. The van der Waals surface area contributed by atoms with E-state index in [4.69, 9.17) is 5.73 Å². The van der Waals surface area contributed by atoms with Gasteiger partial charge in [-0.15, -0.1) is 0 Å². The number of hydrogen-bond acceptors (Lipinski definition) is 12. The van der Waals surface area contributed by atoms with E-state index in [1.54, 1.807) is 72.8 Å². The minimum atomic E-state index is -0.742. The van der Waals surface area contributed by atoms with Gasteiger partial charge in [-0.05, 0) is 98.0 Å². The summed E-state index contributed by atoms with van der Waals surface area (Å²) < 4.78 is 16.5. The molecule has 0 aliphatic carbocycles. The summed E-state index contributed by atoms with van der Waals surface area (Å²) in [5.41, 5.74) is 12.3. The van der Waals surface area contributed by atoms with Crippen LogP contribution in [0, 0.1) is 5.82 Å². The van der Waals surface area contributed by atoms with E-state index in [-0.39, 0.29) is 67.7 Å². The lowest BCUT2D eigenvalue weighted by Gasteiger charge is -2.29. The fourth-order valence-electron chi connectivity index (χ4n) is 8.13. The van der Waals surface area contributed by atoms with Crippen LogP contribution in [0.3, 0.4) is 0 Å². The molecule has 1 atom stereocenters. The number of nitrogens with one attached hydrogen (secondary N) is 5. The van der Waals surface area contributed by atoms with Gasteiger partial charge in [0.15, 0.2) is 0 Å². The molecule has 334 valence electrons. The quantitative estimate of drug-likeness (QED) is 0.0269. The molecular formula is C47H46FN9O7S. The molecule has 16 nitrogen and oxygen atoms in total. The number of unbranched alkanes of at least 4 members (excludes halogenated alkanes) is 2. The van der Waals surface area contributed by atoms with Gasteiger partial charge in [-0.25, -0.2) is 9.37 Å². The first-order chi connectivity index (χ1) is 31.4. The molecule has 4 heterocycles. The highest BCUT2D eigenvalue weighted by Crippen LogP contribution is 2.36. The Hall–Kier alpha value is -7.15. The minimum Gasteiger partial charge on any atom is -0.383 e. The van der Waals surface area contributed by atoms with Crippen molar-refractivity contribution < 1.29 is 38.4 Å². The van der Waals surface area contributed by atoms with E-state index in [0.29, 0.717) is 81.3 Å². The van der Waals surface area contributed by atoms with Crippen LogP contribution in [0.1, 0.15) is 70.4 Å². The van der Waals surface area contributed by atoms with E-state index in [1.165, 1.54) is 17.2 Å². The highest BCUT2D eigenvalue weighted by molar-refractivity contribution is 8.00. The Kier molecular flexibility index (Phi) is 13.5. The van der Waals surface area contributed by atoms with Gasteiger partial charge in [-0.3, -0.25) is 39.3 Å². The average molecular weight is 900 g/mol. The van der Waals surface area contributed by atoms with Crippen LogP contribution in [-0.2, 0) is 32.1 Å². The summed E-state index contributed by atoms with van der Waals surface area (Å²) in [6, 6.07) is 22.7. The molecule has 3 aliphatic heterocycles. The van der Waals surface area contributed by atoms with Gasteiger partial charge in [0.1, 0.15) is 17.7 Å². The van der Waals surface area contributed by atoms with Gasteiger partial charge in [0.25, 0.3) is 11.8 Å². The predicted molar refractivity (Wildman–Crippen MR) is 243 cm³/mol. The van der Waals surface area contributed by atoms with Gasteiger partial charge in [0.2, 0.25) is 23.6 Å².